The first-order valence-corrected chi connectivity index (χ1v) is 15.8. The summed E-state index contributed by atoms with van der Waals surface area (Å²) < 4.78 is 151. The number of fused-ring (bicyclic) bond motifs is 1. The molecule has 228 valence electrons. The van der Waals surface area contributed by atoms with Crippen molar-refractivity contribution in [2.45, 2.75) is 46.6 Å². The molecule has 0 unspecified atom stereocenters. The quantitative estimate of drug-likeness (QED) is 0.254. The first kappa shape index (κ1) is 32.4. The second kappa shape index (κ2) is 11.2. The highest BCUT2D eigenvalue weighted by atomic mass is 127. The van der Waals surface area contributed by atoms with Gasteiger partial charge in [0.2, 0.25) is 10.0 Å². The molecule has 1 atom stereocenters. The third-order valence-electron chi connectivity index (χ3n) is 6.64. The maximum Gasteiger partial charge on any atom is 0.430 e. The fraction of sp³-hybridized carbons (Fsp3) is 0.280. The largest absolute Gasteiger partial charge is 0.430 e. The minimum atomic E-state index is -6.15. The Morgan fingerprint density at radius 1 is 0.857 bits per heavy atom. The number of benzene rings is 3. The first-order valence-electron chi connectivity index (χ1n) is 11.8. The molecule has 0 radical (unpaired) electrons. The van der Waals surface area contributed by atoms with E-state index in [9.17, 15) is 52.7 Å². The van der Waals surface area contributed by atoms with Crippen molar-refractivity contribution in [2.24, 2.45) is 0 Å². The highest BCUT2D eigenvalue weighted by Crippen LogP contribution is 2.51. The third-order valence-corrected chi connectivity index (χ3v) is 10.7. The highest BCUT2D eigenvalue weighted by Gasteiger charge is 2.71. The molecule has 7 nitrogen and oxygen atoms in total. The highest BCUT2D eigenvalue weighted by molar-refractivity contribution is 14.1. The van der Waals surface area contributed by atoms with E-state index in [4.69, 9.17) is 0 Å². The van der Waals surface area contributed by atoms with E-state index in [-0.39, 0.29) is 33.9 Å². The van der Waals surface area contributed by atoms with Gasteiger partial charge in [0.1, 0.15) is 5.82 Å². The summed E-state index contributed by atoms with van der Waals surface area (Å²) in [5.41, 5.74) is -7.31. The van der Waals surface area contributed by atoms with Gasteiger partial charge in [0.05, 0.1) is 21.5 Å². The summed E-state index contributed by atoms with van der Waals surface area (Å²) in [6.07, 6.45) is -12.8. The van der Waals surface area contributed by atoms with Gasteiger partial charge in [0.15, 0.2) is 0 Å². The van der Waals surface area contributed by atoms with Gasteiger partial charge < -0.3 is 5.11 Å². The molecular weight excluding hydrogens is 732 g/mol. The van der Waals surface area contributed by atoms with Crippen LogP contribution in [0.2, 0.25) is 0 Å². The van der Waals surface area contributed by atoms with E-state index in [1.165, 1.54) is 24.3 Å². The number of aliphatic hydroxyl groups is 1. The van der Waals surface area contributed by atoms with Gasteiger partial charge in [0.25, 0.3) is 15.6 Å². The topological polar surface area (TPSA) is 104 Å². The van der Waals surface area contributed by atoms with Gasteiger partial charge in [-0.1, -0.05) is 12.1 Å². The molecule has 4 rings (SSSR count). The fourth-order valence-electron chi connectivity index (χ4n) is 4.48. The lowest BCUT2D eigenvalue weighted by Crippen LogP contribution is -2.54. The van der Waals surface area contributed by atoms with E-state index in [0.717, 1.165) is 34.6 Å². The van der Waals surface area contributed by atoms with Crippen molar-refractivity contribution in [3.8, 4) is 0 Å². The summed E-state index contributed by atoms with van der Waals surface area (Å²) in [7, 11) is -8.82. The van der Waals surface area contributed by atoms with Crippen molar-refractivity contribution in [3.05, 3.63) is 87.2 Å². The normalized spacial score (nSPS) is 16.8. The molecule has 42 heavy (non-hydrogen) atoms. The predicted octanol–water partition coefficient (Wildman–Crippen LogP) is 5.23. The fourth-order valence-corrected chi connectivity index (χ4v) is 7.63. The Morgan fingerprint density at radius 2 is 1.40 bits per heavy atom. The van der Waals surface area contributed by atoms with Crippen LogP contribution in [0.3, 0.4) is 0 Å². The van der Waals surface area contributed by atoms with Crippen LogP contribution >= 0.6 is 22.6 Å². The number of nitrogens with one attached hydrogen (secondary N) is 1. The zero-order valence-corrected chi connectivity index (χ0v) is 24.7. The van der Waals surface area contributed by atoms with Crippen molar-refractivity contribution < 1.29 is 52.7 Å². The zero-order chi connectivity index (χ0) is 31.3. The maximum atomic E-state index is 13.8. The molecule has 0 fully saturated rings. The van der Waals surface area contributed by atoms with Crippen molar-refractivity contribution in [1.82, 2.24) is 4.72 Å². The zero-order valence-electron chi connectivity index (χ0n) is 20.9. The van der Waals surface area contributed by atoms with Gasteiger partial charge in [-0.05, 0) is 95.6 Å². The molecule has 1 heterocycles. The standard InChI is InChI=1S/C25H20F7IN2O5S2/c26-17-3-8-20(9-4-17)41(37,38)34-14-19-7-1-15-13-16(23(36,24(27,28)29)25(30,31)32)2-12-22(15)35(19)42(39,40)21-10-5-18(33)6-11-21/h2-6,8-13,19,34,36H,1,7,14H2/t19-/m0/s1. The second-order valence-electron chi connectivity index (χ2n) is 9.30. The lowest BCUT2D eigenvalue weighted by atomic mass is 9.88. The molecule has 3 aromatic rings. The van der Waals surface area contributed by atoms with E-state index in [2.05, 4.69) is 4.72 Å². The molecule has 0 aromatic heterocycles. The average Bonchev–Trinajstić information content (AvgIpc) is 2.90. The first-order chi connectivity index (χ1) is 19.3. The van der Waals surface area contributed by atoms with Crippen molar-refractivity contribution in [3.63, 3.8) is 0 Å². The summed E-state index contributed by atoms with van der Waals surface area (Å²) >= 11 is 1.92. The lowest BCUT2D eigenvalue weighted by Gasteiger charge is -2.39. The summed E-state index contributed by atoms with van der Waals surface area (Å²) in [6, 6.07) is 9.50. The van der Waals surface area contributed by atoms with Crippen LogP contribution in [0.5, 0.6) is 0 Å². The van der Waals surface area contributed by atoms with E-state index in [1.807, 2.05) is 22.6 Å². The Bertz CT molecular complexity index is 1670. The lowest BCUT2D eigenvalue weighted by molar-refractivity contribution is -0.376. The maximum absolute atomic E-state index is 13.8. The molecule has 0 bridgehead atoms. The molecule has 0 aliphatic carbocycles. The molecule has 1 aliphatic rings. The van der Waals surface area contributed by atoms with Gasteiger partial charge >= 0.3 is 12.4 Å². The second-order valence-corrected chi connectivity index (χ2v) is 14.1. The minimum absolute atomic E-state index is 0.220. The van der Waals surface area contributed by atoms with Gasteiger partial charge in [-0.15, -0.1) is 0 Å². The van der Waals surface area contributed by atoms with Gasteiger partial charge in [-0.3, -0.25) is 4.31 Å². The van der Waals surface area contributed by atoms with Crippen LogP contribution in [-0.2, 0) is 32.1 Å². The summed E-state index contributed by atoms with van der Waals surface area (Å²) in [6.45, 7) is -0.542. The summed E-state index contributed by atoms with van der Waals surface area (Å²) in [5, 5.41) is 9.86. The van der Waals surface area contributed by atoms with Crippen LogP contribution in [0.4, 0.5) is 36.4 Å². The van der Waals surface area contributed by atoms with Crippen molar-refractivity contribution in [1.29, 1.82) is 0 Å². The Kier molecular flexibility index (Phi) is 8.66. The number of halogens is 8. The van der Waals surface area contributed by atoms with Crippen LogP contribution in [0, 0.1) is 9.39 Å². The van der Waals surface area contributed by atoms with Gasteiger partial charge in [0, 0.05) is 15.7 Å². The third kappa shape index (κ3) is 5.97. The van der Waals surface area contributed by atoms with Crippen LogP contribution in [-0.4, -0.2) is 46.9 Å². The number of sulfonamides is 2. The predicted molar refractivity (Wildman–Crippen MR) is 145 cm³/mol. The van der Waals surface area contributed by atoms with E-state index in [1.54, 1.807) is 0 Å². The Balaban J connectivity index is 1.80. The Hall–Kier alpha value is -2.48. The van der Waals surface area contributed by atoms with Crippen molar-refractivity contribution >= 4 is 48.3 Å². The van der Waals surface area contributed by atoms with E-state index in [0.29, 0.717) is 15.7 Å². The minimum Gasteiger partial charge on any atom is -0.369 e. The number of anilines is 1. The van der Waals surface area contributed by atoms with Crippen molar-refractivity contribution in [2.75, 3.05) is 10.8 Å². The number of nitrogens with zero attached hydrogens (tertiary/aromatic N) is 1. The molecule has 0 saturated carbocycles. The molecule has 1 aliphatic heterocycles. The molecule has 0 spiro atoms. The Labute approximate surface area is 249 Å². The SMILES string of the molecule is O=S(=O)(NC[C@@H]1CCc2cc(C(O)(C(F)(F)F)C(F)(F)F)ccc2N1S(=O)(=O)c1ccc(I)cc1)c1ccc(F)cc1. The molecule has 3 aromatic carbocycles. The van der Waals surface area contributed by atoms with E-state index < -0.39 is 62.0 Å². The molecule has 17 heteroatoms. The molecule has 2 N–H and O–H groups in total. The number of rotatable bonds is 7. The average molecular weight is 752 g/mol. The summed E-state index contributed by atoms with van der Waals surface area (Å²) in [4.78, 5) is -0.594. The van der Waals surface area contributed by atoms with E-state index >= 15 is 0 Å². The molecular formula is C25H20F7IN2O5S2. The van der Waals surface area contributed by atoms with Gasteiger partial charge in [-0.25, -0.2) is 25.9 Å². The number of hydrogen-bond donors (Lipinski definition) is 2. The number of alkyl halides is 6. The van der Waals surface area contributed by atoms with Gasteiger partial charge in [-0.2, -0.15) is 26.3 Å². The Morgan fingerprint density at radius 3 is 1.95 bits per heavy atom. The van der Waals surface area contributed by atoms with Crippen LogP contribution < -0.4 is 9.03 Å². The summed E-state index contributed by atoms with van der Waals surface area (Å²) in [5.74, 6) is -0.699. The number of aryl methyl sites for hydroxylation is 1. The number of hydrogen-bond acceptors (Lipinski definition) is 5. The van der Waals surface area contributed by atoms with Crippen LogP contribution in [0.1, 0.15) is 17.5 Å². The molecule has 0 amide bonds. The molecule has 0 saturated heterocycles. The van der Waals surface area contributed by atoms with Crippen LogP contribution in [0.15, 0.2) is 76.5 Å². The smallest absolute Gasteiger partial charge is 0.369 e. The van der Waals surface area contributed by atoms with Crippen LogP contribution in [0.25, 0.3) is 0 Å². The monoisotopic (exact) mass is 752 g/mol.